The molecule has 0 bridgehead atoms. The Morgan fingerprint density at radius 2 is 0.982 bits per heavy atom. The lowest BCUT2D eigenvalue weighted by Crippen LogP contribution is -2.00. The number of fused-ring (bicyclic) bond motifs is 6. The summed E-state index contributed by atoms with van der Waals surface area (Å²) in [7, 11) is 0. The molecular formula is C51H31N3OS. The smallest absolute Gasteiger partial charge is 0.165 e. The maximum Gasteiger partial charge on any atom is 0.165 e. The highest BCUT2D eigenvalue weighted by molar-refractivity contribution is 7.26. The van der Waals surface area contributed by atoms with Crippen LogP contribution in [0.5, 0.6) is 0 Å². The minimum Gasteiger partial charge on any atom is -0.456 e. The first-order valence-corrected chi connectivity index (χ1v) is 18.6. The van der Waals surface area contributed by atoms with Gasteiger partial charge in [-0.2, -0.15) is 0 Å². The van der Waals surface area contributed by atoms with Crippen LogP contribution >= 0.6 is 11.3 Å². The van der Waals surface area contributed by atoms with Gasteiger partial charge in [-0.1, -0.05) is 158 Å². The molecule has 0 aliphatic carbocycles. The van der Waals surface area contributed by atoms with Crippen molar-refractivity contribution < 1.29 is 19.5 Å². The van der Waals surface area contributed by atoms with Crippen molar-refractivity contribution in [1.82, 2.24) is 15.0 Å². The Hall–Kier alpha value is -7.21. The van der Waals surface area contributed by atoms with Gasteiger partial charge in [0.15, 0.2) is 17.5 Å². The van der Waals surface area contributed by atoms with Gasteiger partial charge in [0.2, 0.25) is 0 Å². The van der Waals surface area contributed by atoms with Gasteiger partial charge in [0.05, 0.1) is 15.1 Å². The lowest BCUT2D eigenvalue weighted by molar-refractivity contribution is 0.669. The Balaban J connectivity index is 1.16. The third kappa shape index (κ3) is 5.56. The quantitative estimate of drug-likeness (QED) is 0.170. The number of aromatic nitrogens is 3. The van der Waals surface area contributed by atoms with Gasteiger partial charge < -0.3 is 4.42 Å². The third-order valence-corrected chi connectivity index (χ3v) is 11.0. The van der Waals surface area contributed by atoms with Crippen LogP contribution in [0.15, 0.2) is 192 Å². The lowest BCUT2D eigenvalue weighted by Gasteiger charge is -2.10. The van der Waals surface area contributed by atoms with E-state index in [0.717, 1.165) is 42.4 Å². The van der Waals surface area contributed by atoms with E-state index < -0.39 is 77.6 Å². The normalized spacial score (nSPS) is 14.3. The van der Waals surface area contributed by atoms with Crippen LogP contribution in [0.25, 0.3) is 110 Å². The number of furan rings is 1. The van der Waals surface area contributed by atoms with E-state index in [9.17, 15) is 5.48 Å². The van der Waals surface area contributed by atoms with Crippen molar-refractivity contribution in [2.75, 3.05) is 0 Å². The first-order chi connectivity index (χ1) is 32.3. The molecule has 0 atom stereocenters. The maximum atomic E-state index is 9.60. The van der Waals surface area contributed by atoms with Crippen LogP contribution in [0.3, 0.4) is 0 Å². The highest BCUT2D eigenvalue weighted by Crippen LogP contribution is 2.44. The number of benzene rings is 8. The predicted octanol–water partition coefficient (Wildman–Crippen LogP) is 14.1. The van der Waals surface area contributed by atoms with Crippen molar-refractivity contribution in [2.24, 2.45) is 0 Å². The zero-order valence-corrected chi connectivity index (χ0v) is 30.0. The van der Waals surface area contributed by atoms with E-state index in [1.807, 2.05) is 91.0 Å². The van der Waals surface area contributed by atoms with Gasteiger partial charge in [-0.3, -0.25) is 0 Å². The van der Waals surface area contributed by atoms with Gasteiger partial charge in [-0.05, 0) is 63.6 Å². The summed E-state index contributed by atoms with van der Waals surface area (Å²) in [6.45, 7) is 0. The molecule has 3 heterocycles. The average Bonchev–Trinajstić information content (AvgIpc) is 3.96. The highest BCUT2D eigenvalue weighted by atomic mass is 32.1. The Kier molecular flexibility index (Phi) is 5.42. The fraction of sp³-hybridized carbons (Fsp3) is 0. The van der Waals surface area contributed by atoms with Crippen molar-refractivity contribution in [1.29, 1.82) is 0 Å². The second-order valence-corrected chi connectivity index (χ2v) is 14.1. The molecule has 0 amide bonds. The fourth-order valence-corrected chi connectivity index (χ4v) is 8.37. The monoisotopic (exact) mass is 744 g/mol. The Labute approximate surface area is 342 Å². The van der Waals surface area contributed by atoms with Gasteiger partial charge >= 0.3 is 0 Å². The minimum absolute atomic E-state index is 0.0979. The van der Waals surface area contributed by atoms with Crippen molar-refractivity contribution in [3.8, 4) is 67.5 Å². The van der Waals surface area contributed by atoms with Gasteiger partial charge in [-0.15, -0.1) is 11.3 Å². The molecule has 3 aromatic heterocycles. The molecule has 262 valence electrons. The summed E-state index contributed by atoms with van der Waals surface area (Å²) >= 11 is 1.60. The van der Waals surface area contributed by atoms with Crippen molar-refractivity contribution in [3.05, 3.63) is 188 Å². The third-order valence-electron chi connectivity index (χ3n) is 9.72. The number of hydrogen-bond acceptors (Lipinski definition) is 5. The molecule has 0 N–H and O–H groups in total. The first kappa shape index (κ1) is 22.9. The van der Waals surface area contributed by atoms with Gasteiger partial charge in [0.1, 0.15) is 11.2 Å². The molecule has 0 fully saturated rings. The number of thiophene rings is 1. The zero-order chi connectivity index (χ0) is 46.6. The highest BCUT2D eigenvalue weighted by Gasteiger charge is 2.19. The largest absolute Gasteiger partial charge is 0.456 e. The van der Waals surface area contributed by atoms with E-state index in [1.165, 1.54) is 0 Å². The van der Waals surface area contributed by atoms with Crippen molar-refractivity contribution in [3.63, 3.8) is 0 Å². The fourth-order valence-electron chi connectivity index (χ4n) is 7.02. The van der Waals surface area contributed by atoms with Crippen LogP contribution in [0.4, 0.5) is 0 Å². The average molecular weight is 745 g/mol. The van der Waals surface area contributed by atoms with Crippen LogP contribution in [0, 0.1) is 0 Å². The lowest BCUT2D eigenvalue weighted by atomic mass is 10.0. The summed E-state index contributed by atoms with van der Waals surface area (Å²) in [5, 5.41) is 1.65. The van der Waals surface area contributed by atoms with E-state index in [4.69, 9.17) is 29.0 Å². The maximum absolute atomic E-state index is 9.60. The first-order valence-electron chi connectivity index (χ1n) is 23.3. The number of rotatable bonds is 6. The molecule has 56 heavy (non-hydrogen) atoms. The van der Waals surface area contributed by atoms with Crippen molar-refractivity contribution >= 4 is 53.4 Å². The van der Waals surface area contributed by atoms with Gasteiger partial charge in [0.25, 0.3) is 0 Å². The summed E-state index contributed by atoms with van der Waals surface area (Å²) in [6, 6.07) is 33.3. The molecule has 5 heteroatoms. The van der Waals surface area contributed by atoms with Crippen LogP contribution in [0.1, 0.15) is 15.1 Å². The molecule has 0 aliphatic heterocycles. The molecule has 0 radical (unpaired) electrons. The molecule has 0 unspecified atom stereocenters. The minimum atomic E-state index is -0.685. The molecule has 0 aliphatic rings. The summed E-state index contributed by atoms with van der Waals surface area (Å²) < 4.78 is 105. The molecule has 0 spiro atoms. The summed E-state index contributed by atoms with van der Waals surface area (Å²) in [5.41, 5.74) is 3.75. The van der Waals surface area contributed by atoms with E-state index in [-0.39, 0.29) is 45.0 Å². The predicted molar refractivity (Wildman–Crippen MR) is 233 cm³/mol. The Morgan fingerprint density at radius 3 is 1.73 bits per heavy atom. The molecule has 8 aromatic carbocycles. The molecule has 11 aromatic rings. The van der Waals surface area contributed by atoms with Crippen LogP contribution in [-0.2, 0) is 0 Å². The molecule has 11 rings (SSSR count). The van der Waals surface area contributed by atoms with Crippen LogP contribution in [0.2, 0.25) is 0 Å². The van der Waals surface area contributed by atoms with E-state index >= 15 is 0 Å². The second kappa shape index (κ2) is 13.3. The van der Waals surface area contributed by atoms with Crippen molar-refractivity contribution in [2.45, 2.75) is 0 Å². The van der Waals surface area contributed by atoms with E-state index in [2.05, 4.69) is 30.3 Å². The standard InChI is InChI=1S/C51H31N3OS/c1-4-12-32(13-5-1)34-22-24-36(25-23-34)49-52-50(38-26-28-40-44-30-37(33-14-6-2-7-15-33)27-29-45(44)55-46(40)31-38)54-51(53-49)43-21-11-20-42-41-19-10-18-39(47(41)56-48(42)43)35-16-8-3-9-17-35/h1-31H/i2D,6D,7D,14D,15D,26D,27D,28D,29D,30D,31D. The SMILES string of the molecule is [2H]c1c([2H])c([2H])c(-c2c([2H])c([2H])c3oc4c([2H])c(-c5nc(-c6ccc(-c7ccccc7)cc6)nc(-c6cccc7c6sc6c(-c8ccccc8)cccc67)n5)c([2H])c([2H])c4c3c2[2H])c([2H])c1[2H]. The molecular weight excluding hydrogens is 703 g/mol. The Morgan fingerprint density at radius 1 is 0.375 bits per heavy atom. The Bertz CT molecular complexity index is 3850. The zero-order valence-electron chi connectivity index (χ0n) is 40.2. The summed E-state index contributed by atoms with van der Waals surface area (Å²) in [4.78, 5) is 14.9. The topological polar surface area (TPSA) is 51.8 Å². The molecule has 0 saturated carbocycles. The van der Waals surface area contributed by atoms with E-state index in [1.54, 1.807) is 11.3 Å². The summed E-state index contributed by atoms with van der Waals surface area (Å²) in [6.07, 6.45) is 0. The number of hydrogen-bond donors (Lipinski definition) is 0. The number of nitrogens with zero attached hydrogens (tertiary/aromatic N) is 3. The van der Waals surface area contributed by atoms with Gasteiger partial charge in [0, 0.05) is 47.6 Å². The van der Waals surface area contributed by atoms with Crippen LogP contribution < -0.4 is 0 Å². The van der Waals surface area contributed by atoms with E-state index in [0.29, 0.717) is 11.1 Å². The van der Waals surface area contributed by atoms with Gasteiger partial charge in [-0.25, -0.2) is 15.0 Å². The molecule has 4 nitrogen and oxygen atoms in total. The second-order valence-electron chi connectivity index (χ2n) is 13.1. The molecule has 0 saturated heterocycles. The van der Waals surface area contributed by atoms with Crippen LogP contribution in [-0.4, -0.2) is 15.0 Å². The summed E-state index contributed by atoms with van der Waals surface area (Å²) in [5.74, 6) is 0.394.